The molecule has 128 valence electrons. The van der Waals surface area contributed by atoms with Gasteiger partial charge >= 0.3 is 5.97 Å². The molecule has 1 aromatic heterocycles. The number of carbonyl (C=O) groups excluding carboxylic acids is 3. The van der Waals surface area contributed by atoms with Crippen molar-refractivity contribution < 1.29 is 19.2 Å². The quantitative estimate of drug-likeness (QED) is 0.802. The summed E-state index contributed by atoms with van der Waals surface area (Å²) in [5.41, 5.74) is 0.519. The lowest BCUT2D eigenvalue weighted by molar-refractivity contribution is -0.176. The number of nitrogens with zero attached hydrogens (tertiary/aromatic N) is 3. The number of amides is 2. The predicted octanol–water partition coefficient (Wildman–Crippen LogP) is 2.37. The molecule has 1 aliphatic heterocycles. The molecule has 0 unspecified atom stereocenters. The fourth-order valence-electron chi connectivity index (χ4n) is 3.62. The minimum absolute atomic E-state index is 0.0704. The molecule has 25 heavy (non-hydrogen) atoms. The van der Waals surface area contributed by atoms with Crippen molar-refractivity contribution in [3.8, 4) is 0 Å². The van der Waals surface area contributed by atoms with Crippen LogP contribution in [-0.4, -0.2) is 32.4 Å². The highest BCUT2D eigenvalue weighted by molar-refractivity contribution is 6.20. The topological polar surface area (TPSA) is 81.5 Å². The molecule has 0 radical (unpaired) electrons. The minimum atomic E-state index is -0.594. The van der Waals surface area contributed by atoms with Gasteiger partial charge in [0.05, 0.1) is 23.4 Å². The monoisotopic (exact) mass is 339 g/mol. The fraction of sp³-hybridized carbons (Fsp3) is 0.333. The minimum Gasteiger partial charge on any atom is -0.334 e. The van der Waals surface area contributed by atoms with Gasteiger partial charge in [-0.3, -0.25) is 9.59 Å². The number of rotatable bonds is 3. The first kappa shape index (κ1) is 15.6. The Kier molecular flexibility index (Phi) is 3.83. The summed E-state index contributed by atoms with van der Waals surface area (Å²) in [5, 5.41) is 0.590. The maximum atomic E-state index is 12.7. The molecule has 0 spiro atoms. The van der Waals surface area contributed by atoms with Crippen LogP contribution < -0.4 is 0 Å². The Hall–Kier alpha value is -2.96. The summed E-state index contributed by atoms with van der Waals surface area (Å²) in [6, 6.07) is 6.38. The van der Waals surface area contributed by atoms with Gasteiger partial charge in [0.2, 0.25) is 0 Å². The zero-order valence-electron chi connectivity index (χ0n) is 13.5. The van der Waals surface area contributed by atoms with Crippen molar-refractivity contribution in [2.45, 2.75) is 31.7 Å². The first-order chi connectivity index (χ1) is 12.2. The van der Waals surface area contributed by atoms with Crippen molar-refractivity contribution in [3.05, 3.63) is 54.1 Å². The van der Waals surface area contributed by atoms with E-state index in [1.807, 2.05) is 10.8 Å². The van der Waals surface area contributed by atoms with E-state index in [-0.39, 0.29) is 17.2 Å². The van der Waals surface area contributed by atoms with E-state index in [4.69, 9.17) is 4.84 Å². The highest BCUT2D eigenvalue weighted by atomic mass is 16.7. The zero-order chi connectivity index (χ0) is 17.4. The Balaban J connectivity index is 1.54. The van der Waals surface area contributed by atoms with E-state index in [0.717, 1.165) is 19.3 Å². The lowest BCUT2D eigenvalue weighted by Gasteiger charge is -2.31. The van der Waals surface area contributed by atoms with Crippen LogP contribution in [0.3, 0.4) is 0 Å². The molecule has 2 aromatic rings. The molecule has 1 saturated carbocycles. The summed E-state index contributed by atoms with van der Waals surface area (Å²) in [6.45, 7) is 0. The van der Waals surface area contributed by atoms with Crippen LogP contribution in [0.25, 0.3) is 0 Å². The van der Waals surface area contributed by atoms with Crippen LogP contribution >= 0.6 is 0 Å². The number of aromatic nitrogens is 2. The number of hydroxylamine groups is 2. The van der Waals surface area contributed by atoms with Gasteiger partial charge < -0.3 is 9.40 Å². The molecule has 0 bridgehead atoms. The van der Waals surface area contributed by atoms with E-state index < -0.39 is 23.7 Å². The summed E-state index contributed by atoms with van der Waals surface area (Å²) >= 11 is 0. The molecule has 0 N–H and O–H groups in total. The van der Waals surface area contributed by atoms with Crippen molar-refractivity contribution in [2.24, 2.45) is 5.92 Å². The second kappa shape index (κ2) is 6.16. The third-order valence-electron chi connectivity index (χ3n) is 4.88. The normalized spacial score (nSPS) is 22.8. The third-order valence-corrected chi connectivity index (χ3v) is 4.88. The number of benzene rings is 1. The fourth-order valence-corrected chi connectivity index (χ4v) is 3.62. The maximum Gasteiger partial charge on any atom is 0.338 e. The Bertz CT molecular complexity index is 796. The molecular formula is C18H17N3O4. The smallest absolute Gasteiger partial charge is 0.334 e. The summed E-state index contributed by atoms with van der Waals surface area (Å²) in [7, 11) is 0. The Morgan fingerprint density at radius 3 is 2.40 bits per heavy atom. The molecular weight excluding hydrogens is 322 g/mol. The van der Waals surface area contributed by atoms with Gasteiger partial charge in [-0.2, -0.15) is 0 Å². The van der Waals surface area contributed by atoms with Crippen LogP contribution in [0.15, 0.2) is 43.0 Å². The van der Waals surface area contributed by atoms with Crippen molar-refractivity contribution in [2.75, 3.05) is 0 Å². The van der Waals surface area contributed by atoms with E-state index in [1.54, 1.807) is 36.8 Å². The molecule has 4 rings (SSSR count). The van der Waals surface area contributed by atoms with E-state index in [0.29, 0.717) is 11.5 Å². The van der Waals surface area contributed by atoms with Crippen LogP contribution in [0.4, 0.5) is 0 Å². The number of hydrogen-bond acceptors (Lipinski definition) is 5. The molecule has 7 nitrogen and oxygen atoms in total. The average molecular weight is 339 g/mol. The molecule has 7 heteroatoms. The maximum absolute atomic E-state index is 12.7. The summed E-state index contributed by atoms with van der Waals surface area (Å²) in [5.74, 6) is -2.15. The molecule has 1 fully saturated rings. The Morgan fingerprint density at radius 1 is 1.08 bits per heavy atom. The second-order valence-electron chi connectivity index (χ2n) is 6.33. The molecule has 2 aliphatic rings. The number of imide groups is 1. The summed E-state index contributed by atoms with van der Waals surface area (Å²) < 4.78 is 1.90. The number of imidazole rings is 1. The van der Waals surface area contributed by atoms with E-state index in [2.05, 4.69) is 4.98 Å². The molecule has 1 aromatic carbocycles. The molecule has 2 atom stereocenters. The van der Waals surface area contributed by atoms with Gasteiger partial charge in [0.25, 0.3) is 11.8 Å². The lowest BCUT2D eigenvalue weighted by Crippen LogP contribution is -2.38. The predicted molar refractivity (Wildman–Crippen MR) is 86.3 cm³/mol. The molecule has 0 saturated heterocycles. The molecule has 2 amide bonds. The van der Waals surface area contributed by atoms with Crippen LogP contribution in [0.2, 0.25) is 0 Å². The van der Waals surface area contributed by atoms with Gasteiger partial charge in [0.15, 0.2) is 0 Å². The third kappa shape index (κ3) is 2.61. The van der Waals surface area contributed by atoms with Gasteiger partial charge in [0, 0.05) is 18.4 Å². The summed E-state index contributed by atoms with van der Waals surface area (Å²) in [6.07, 6.45) is 8.58. The Morgan fingerprint density at radius 2 is 1.76 bits per heavy atom. The largest absolute Gasteiger partial charge is 0.338 e. The average Bonchev–Trinajstić information content (AvgIpc) is 3.26. The highest BCUT2D eigenvalue weighted by Gasteiger charge is 2.41. The zero-order valence-corrected chi connectivity index (χ0v) is 13.5. The number of hydrogen-bond donors (Lipinski definition) is 0. The van der Waals surface area contributed by atoms with Gasteiger partial charge in [-0.1, -0.05) is 30.0 Å². The van der Waals surface area contributed by atoms with Crippen molar-refractivity contribution in [3.63, 3.8) is 0 Å². The van der Waals surface area contributed by atoms with Crippen molar-refractivity contribution in [1.29, 1.82) is 0 Å². The lowest BCUT2D eigenvalue weighted by atomic mass is 9.84. The summed E-state index contributed by atoms with van der Waals surface area (Å²) in [4.78, 5) is 46.7. The molecule has 1 aliphatic carbocycles. The van der Waals surface area contributed by atoms with Crippen LogP contribution in [0.1, 0.15) is 52.4 Å². The van der Waals surface area contributed by atoms with Gasteiger partial charge in [0.1, 0.15) is 0 Å². The standard InChI is InChI=1S/C18H17N3O4/c22-16-12-5-1-2-6-13(12)17(23)21(16)25-18(24)14-7-3-4-8-15(14)20-10-9-19-11-20/h1-2,5-6,9-11,14-15H,3-4,7-8H2/t14-,15+/m1/s1. The van der Waals surface area contributed by atoms with E-state index in [1.165, 1.54) is 0 Å². The SMILES string of the molecule is O=C(ON1C(=O)c2ccccc2C1=O)[C@@H]1CCCC[C@@H]1n1ccnc1. The van der Waals surface area contributed by atoms with Crippen molar-refractivity contribution in [1.82, 2.24) is 14.6 Å². The highest BCUT2D eigenvalue weighted by Crippen LogP contribution is 2.35. The number of fused-ring (bicyclic) bond motifs is 1. The first-order valence-corrected chi connectivity index (χ1v) is 8.34. The van der Waals surface area contributed by atoms with Crippen LogP contribution in [0.5, 0.6) is 0 Å². The number of carbonyl (C=O) groups is 3. The van der Waals surface area contributed by atoms with Crippen LogP contribution in [-0.2, 0) is 9.63 Å². The van der Waals surface area contributed by atoms with Crippen LogP contribution in [0, 0.1) is 5.92 Å². The van der Waals surface area contributed by atoms with Gasteiger partial charge in [-0.15, -0.1) is 0 Å². The van der Waals surface area contributed by atoms with E-state index in [9.17, 15) is 14.4 Å². The second-order valence-corrected chi connectivity index (χ2v) is 6.33. The van der Waals surface area contributed by atoms with Crippen molar-refractivity contribution >= 4 is 17.8 Å². The Labute approximate surface area is 144 Å². The van der Waals surface area contributed by atoms with Gasteiger partial charge in [-0.05, 0) is 25.0 Å². The molecule has 2 heterocycles. The first-order valence-electron chi connectivity index (χ1n) is 8.34. The van der Waals surface area contributed by atoms with Gasteiger partial charge in [-0.25, -0.2) is 9.78 Å². The van der Waals surface area contributed by atoms with E-state index >= 15 is 0 Å².